The molecule has 0 saturated carbocycles. The summed E-state index contributed by atoms with van der Waals surface area (Å²) >= 11 is 0. The Labute approximate surface area is 198 Å². The molecule has 0 radical (unpaired) electrons. The third kappa shape index (κ3) is 4.07. The van der Waals surface area contributed by atoms with Crippen molar-refractivity contribution in [1.29, 1.82) is 0 Å². The molecule has 0 spiro atoms. The summed E-state index contributed by atoms with van der Waals surface area (Å²) in [4.78, 5) is 33.2. The van der Waals surface area contributed by atoms with Gasteiger partial charge in [0.05, 0.1) is 29.6 Å². The van der Waals surface area contributed by atoms with Crippen molar-refractivity contribution in [3.05, 3.63) is 42.2 Å². The predicted molar refractivity (Wildman–Crippen MR) is 129 cm³/mol. The van der Waals surface area contributed by atoms with Crippen LogP contribution >= 0.6 is 0 Å². The summed E-state index contributed by atoms with van der Waals surface area (Å²) in [5.41, 5.74) is 11.1. The topological polar surface area (TPSA) is 102 Å². The molecule has 34 heavy (non-hydrogen) atoms. The molecule has 5 rings (SSSR count). The number of imidazole rings is 1. The van der Waals surface area contributed by atoms with Crippen LogP contribution in [0.25, 0.3) is 16.9 Å². The van der Waals surface area contributed by atoms with E-state index in [1.54, 1.807) is 11.9 Å². The molecule has 9 nitrogen and oxygen atoms in total. The number of carbonyl (C=O) groups excluding carboxylic acids is 2. The zero-order chi connectivity index (χ0) is 23.8. The van der Waals surface area contributed by atoms with E-state index >= 15 is 0 Å². The van der Waals surface area contributed by atoms with E-state index in [1.165, 1.54) is 0 Å². The van der Waals surface area contributed by atoms with E-state index in [9.17, 15) is 9.59 Å². The minimum atomic E-state index is -0.0969. The average Bonchev–Trinajstić information content (AvgIpc) is 3.19. The summed E-state index contributed by atoms with van der Waals surface area (Å²) in [6.45, 7) is 4.56. The lowest BCUT2D eigenvalue weighted by Crippen LogP contribution is -2.36. The molecule has 2 N–H and O–H groups in total. The number of nitrogens with two attached hydrogens (primary N) is 1. The summed E-state index contributed by atoms with van der Waals surface area (Å²) in [7, 11) is 1.76. The Kier molecular flexibility index (Phi) is 5.87. The summed E-state index contributed by atoms with van der Waals surface area (Å²) in [6.07, 6.45) is 3.44. The number of carbonyl (C=O) groups is 2. The number of likely N-dealkylation sites (N-methyl/N-ethyl adjacent to an activating group) is 1. The zero-order valence-electron chi connectivity index (χ0n) is 19.5. The van der Waals surface area contributed by atoms with Crippen molar-refractivity contribution in [3.63, 3.8) is 0 Å². The van der Waals surface area contributed by atoms with E-state index in [1.807, 2.05) is 47.9 Å². The van der Waals surface area contributed by atoms with Crippen LogP contribution in [0.5, 0.6) is 5.75 Å². The number of likely N-dealkylation sites (tertiary alicyclic amines) is 1. The first-order chi connectivity index (χ1) is 16.4. The summed E-state index contributed by atoms with van der Waals surface area (Å²) in [6, 6.07) is 9.57. The number of nitrogen functional groups attached to an aromatic ring is 1. The highest BCUT2D eigenvalue weighted by molar-refractivity contribution is 5.98. The average molecular weight is 464 g/mol. The number of aromatic nitrogens is 2. The van der Waals surface area contributed by atoms with Crippen LogP contribution in [-0.4, -0.2) is 59.5 Å². The van der Waals surface area contributed by atoms with Crippen LogP contribution in [0.2, 0.25) is 0 Å². The van der Waals surface area contributed by atoms with Gasteiger partial charge in [-0.2, -0.15) is 0 Å². The Morgan fingerprint density at radius 1 is 1.24 bits per heavy atom. The van der Waals surface area contributed by atoms with Crippen molar-refractivity contribution >= 4 is 28.9 Å². The largest absolute Gasteiger partial charge is 0.482 e. The van der Waals surface area contributed by atoms with Gasteiger partial charge in [-0.15, -0.1) is 0 Å². The second-order valence-corrected chi connectivity index (χ2v) is 8.82. The van der Waals surface area contributed by atoms with Gasteiger partial charge in [0.15, 0.2) is 6.61 Å². The van der Waals surface area contributed by atoms with Crippen molar-refractivity contribution in [2.24, 2.45) is 5.92 Å². The van der Waals surface area contributed by atoms with Crippen LogP contribution in [0.1, 0.15) is 25.5 Å². The molecular weight excluding hydrogens is 434 g/mol. The van der Waals surface area contributed by atoms with Gasteiger partial charge in [0.2, 0.25) is 0 Å². The maximum Gasteiger partial charge on any atom is 0.309 e. The molecule has 2 aliphatic rings. The molecule has 4 heterocycles. The van der Waals surface area contributed by atoms with Crippen molar-refractivity contribution in [1.82, 2.24) is 14.3 Å². The number of anilines is 2. The normalized spacial score (nSPS) is 17.0. The molecular formula is C25H29N5O4. The van der Waals surface area contributed by atoms with Crippen LogP contribution in [0.3, 0.4) is 0 Å². The first-order valence-corrected chi connectivity index (χ1v) is 11.6. The molecule has 1 saturated heterocycles. The molecule has 3 aromatic rings. The first kappa shape index (κ1) is 22.2. The number of nitrogens with zero attached hydrogens (tertiary/aromatic N) is 4. The lowest BCUT2D eigenvalue weighted by molar-refractivity contribution is -0.149. The third-order valence-electron chi connectivity index (χ3n) is 6.64. The van der Waals surface area contributed by atoms with Crippen LogP contribution in [-0.2, 0) is 20.9 Å². The standard InChI is InChI=1S/C25H29N5O4/c1-3-33-25(32)16-8-10-29(11-9-16)14-20-24(27-22-7-5-18(26)13-30(20)22)17-4-6-21-19(12-17)28(2)23(31)15-34-21/h4-7,12-13,16H,3,8-11,14-15,26H2,1-2H3. The van der Waals surface area contributed by atoms with E-state index in [0.717, 1.165) is 54.2 Å². The van der Waals surface area contributed by atoms with Crippen molar-refractivity contribution < 1.29 is 19.1 Å². The molecule has 0 bridgehead atoms. The lowest BCUT2D eigenvalue weighted by atomic mass is 9.96. The van der Waals surface area contributed by atoms with Crippen LogP contribution in [0.15, 0.2) is 36.5 Å². The zero-order valence-corrected chi connectivity index (χ0v) is 19.5. The van der Waals surface area contributed by atoms with Gasteiger partial charge in [-0.3, -0.25) is 14.5 Å². The monoisotopic (exact) mass is 463 g/mol. The smallest absolute Gasteiger partial charge is 0.309 e. The van der Waals surface area contributed by atoms with Gasteiger partial charge in [-0.05, 0) is 63.2 Å². The van der Waals surface area contributed by atoms with E-state index in [4.69, 9.17) is 20.2 Å². The Morgan fingerprint density at radius 2 is 2.03 bits per heavy atom. The molecule has 0 aliphatic carbocycles. The van der Waals surface area contributed by atoms with Gasteiger partial charge < -0.3 is 24.5 Å². The molecule has 0 unspecified atom stereocenters. The number of rotatable bonds is 5. The number of piperidine rings is 1. The Balaban J connectivity index is 1.47. The molecule has 178 valence electrons. The summed E-state index contributed by atoms with van der Waals surface area (Å²) in [5.74, 6) is 0.459. The molecule has 1 fully saturated rings. The molecule has 2 aliphatic heterocycles. The summed E-state index contributed by atoms with van der Waals surface area (Å²) in [5, 5.41) is 0. The summed E-state index contributed by atoms with van der Waals surface area (Å²) < 4.78 is 12.8. The van der Waals surface area contributed by atoms with Gasteiger partial charge in [0.25, 0.3) is 5.91 Å². The minimum absolute atomic E-state index is 0.0396. The van der Waals surface area contributed by atoms with Crippen LogP contribution < -0.4 is 15.4 Å². The Hall–Kier alpha value is -3.59. The quantitative estimate of drug-likeness (QED) is 0.581. The first-order valence-electron chi connectivity index (χ1n) is 11.6. The molecule has 2 aromatic heterocycles. The Bertz CT molecular complexity index is 1250. The predicted octanol–water partition coefficient (Wildman–Crippen LogP) is 2.71. The number of fused-ring (bicyclic) bond motifs is 2. The van der Waals surface area contributed by atoms with Gasteiger partial charge in [0, 0.05) is 31.0 Å². The SMILES string of the molecule is CCOC(=O)C1CCN(Cc2c(-c3ccc4c(c3)N(C)C(=O)CO4)nc3ccc(N)cn23)CC1. The minimum Gasteiger partial charge on any atom is -0.482 e. The van der Waals surface area contributed by atoms with E-state index in [-0.39, 0.29) is 24.4 Å². The van der Waals surface area contributed by atoms with Crippen molar-refractivity contribution in [3.8, 4) is 17.0 Å². The molecule has 9 heteroatoms. The molecule has 1 aromatic carbocycles. The highest BCUT2D eigenvalue weighted by atomic mass is 16.5. The maximum absolute atomic E-state index is 12.2. The highest BCUT2D eigenvalue weighted by Gasteiger charge is 2.28. The van der Waals surface area contributed by atoms with Gasteiger partial charge >= 0.3 is 5.97 Å². The maximum atomic E-state index is 12.2. The van der Waals surface area contributed by atoms with Crippen molar-refractivity contribution in [2.45, 2.75) is 26.3 Å². The number of benzene rings is 1. The number of hydrogen-bond donors (Lipinski definition) is 1. The van der Waals surface area contributed by atoms with Gasteiger partial charge in [-0.1, -0.05) is 0 Å². The fourth-order valence-electron chi connectivity index (χ4n) is 4.71. The van der Waals surface area contributed by atoms with Gasteiger partial charge in [0.1, 0.15) is 11.4 Å². The van der Waals surface area contributed by atoms with E-state index < -0.39 is 0 Å². The molecule has 0 atom stereocenters. The van der Waals surface area contributed by atoms with E-state index in [0.29, 0.717) is 24.6 Å². The number of pyridine rings is 1. The van der Waals surface area contributed by atoms with Crippen LogP contribution in [0.4, 0.5) is 11.4 Å². The third-order valence-corrected chi connectivity index (χ3v) is 6.64. The second-order valence-electron chi connectivity index (χ2n) is 8.82. The Morgan fingerprint density at radius 3 is 2.79 bits per heavy atom. The molecule has 1 amide bonds. The number of ether oxygens (including phenoxy) is 2. The van der Waals surface area contributed by atoms with Crippen molar-refractivity contribution in [2.75, 3.05) is 44.0 Å². The second kappa shape index (κ2) is 8.98. The number of amides is 1. The highest BCUT2D eigenvalue weighted by Crippen LogP contribution is 2.37. The van der Waals surface area contributed by atoms with Gasteiger partial charge in [-0.25, -0.2) is 4.98 Å². The van der Waals surface area contributed by atoms with E-state index in [2.05, 4.69) is 4.90 Å². The number of hydrogen-bond acceptors (Lipinski definition) is 7. The fraction of sp³-hybridized carbons (Fsp3) is 0.400. The fourth-order valence-corrected chi connectivity index (χ4v) is 4.71. The van der Waals surface area contributed by atoms with Crippen LogP contribution in [0, 0.1) is 5.92 Å². The lowest BCUT2D eigenvalue weighted by Gasteiger charge is -2.31. The number of esters is 1.